The summed E-state index contributed by atoms with van der Waals surface area (Å²) in [5.74, 6) is -0.570. The van der Waals surface area contributed by atoms with Crippen LogP contribution in [0.5, 0.6) is 0 Å². The van der Waals surface area contributed by atoms with Crippen molar-refractivity contribution in [2.24, 2.45) is 5.92 Å². The van der Waals surface area contributed by atoms with E-state index < -0.39 is 12.0 Å². The largest absolute Gasteiger partial charge is 0.480 e. The molecule has 0 aromatic carbocycles. The fourth-order valence-corrected chi connectivity index (χ4v) is 2.42. The molecule has 1 fully saturated rings. The van der Waals surface area contributed by atoms with Crippen molar-refractivity contribution < 1.29 is 14.7 Å². The first kappa shape index (κ1) is 15.5. The molecular weight excluding hydrogens is 244 g/mol. The molecule has 0 aromatic heterocycles. The Morgan fingerprint density at radius 1 is 1.53 bits per heavy atom. The van der Waals surface area contributed by atoms with Gasteiger partial charge in [0.25, 0.3) is 0 Å². The average Bonchev–Trinajstić information content (AvgIpc) is 2.34. The predicted molar refractivity (Wildman–Crippen MR) is 74.0 cm³/mol. The van der Waals surface area contributed by atoms with Crippen molar-refractivity contribution in [3.8, 4) is 0 Å². The van der Waals surface area contributed by atoms with Crippen molar-refractivity contribution in [2.75, 3.05) is 13.1 Å². The molecule has 1 aliphatic heterocycles. The third-order valence-electron chi connectivity index (χ3n) is 3.59. The van der Waals surface area contributed by atoms with Gasteiger partial charge in [-0.2, -0.15) is 0 Å². The fraction of sp³-hybridized carbons (Fsp3) is 0.714. The van der Waals surface area contributed by atoms with E-state index in [9.17, 15) is 14.7 Å². The molecule has 0 aliphatic carbocycles. The van der Waals surface area contributed by atoms with E-state index in [1.165, 1.54) is 4.90 Å². The third-order valence-corrected chi connectivity index (χ3v) is 3.59. The van der Waals surface area contributed by atoms with Crippen LogP contribution in [0.4, 0.5) is 4.79 Å². The number of carboxylic acid groups (broad SMARTS) is 1. The second kappa shape index (κ2) is 6.59. The molecule has 2 atom stereocenters. The second-order valence-electron chi connectivity index (χ2n) is 5.49. The monoisotopic (exact) mass is 268 g/mol. The van der Waals surface area contributed by atoms with E-state index in [0.717, 1.165) is 6.42 Å². The van der Waals surface area contributed by atoms with Gasteiger partial charge in [0.15, 0.2) is 0 Å². The number of carbonyl (C=O) groups excluding carboxylic acids is 1. The molecule has 108 valence electrons. The Morgan fingerprint density at radius 3 is 2.63 bits per heavy atom. The standard InChI is InChI=1S/C14H24N2O3/c1-5-7-15(10(2)3)14(19)16-8-6-11(4)9-12(16)13(17)18/h5,10-12H,1,6-9H2,2-4H3,(H,17,18). The lowest BCUT2D eigenvalue weighted by Gasteiger charge is -2.40. The Morgan fingerprint density at radius 2 is 2.16 bits per heavy atom. The first-order valence-corrected chi connectivity index (χ1v) is 6.79. The lowest BCUT2D eigenvalue weighted by Crippen LogP contribution is -2.55. The number of rotatable bonds is 4. The predicted octanol–water partition coefficient (Wildman–Crippen LogP) is 2.19. The number of hydrogen-bond acceptors (Lipinski definition) is 2. The normalized spacial score (nSPS) is 23.3. The van der Waals surface area contributed by atoms with Crippen LogP contribution in [0.3, 0.4) is 0 Å². The van der Waals surface area contributed by atoms with Gasteiger partial charge in [0, 0.05) is 19.1 Å². The molecule has 1 heterocycles. The molecule has 1 aliphatic rings. The van der Waals surface area contributed by atoms with Crippen molar-refractivity contribution in [3.63, 3.8) is 0 Å². The molecule has 0 radical (unpaired) electrons. The van der Waals surface area contributed by atoms with Crippen LogP contribution in [-0.4, -0.2) is 52.1 Å². The molecule has 2 amide bonds. The van der Waals surface area contributed by atoms with Crippen LogP contribution in [0.2, 0.25) is 0 Å². The van der Waals surface area contributed by atoms with Gasteiger partial charge in [-0.25, -0.2) is 9.59 Å². The molecule has 1 rings (SSSR count). The summed E-state index contributed by atoms with van der Waals surface area (Å²) in [6, 6.07) is -0.879. The Labute approximate surface area is 114 Å². The summed E-state index contributed by atoms with van der Waals surface area (Å²) in [6.45, 7) is 10.5. The van der Waals surface area contributed by atoms with E-state index >= 15 is 0 Å². The van der Waals surface area contributed by atoms with Gasteiger partial charge >= 0.3 is 12.0 Å². The lowest BCUT2D eigenvalue weighted by atomic mass is 9.92. The summed E-state index contributed by atoms with van der Waals surface area (Å²) in [7, 11) is 0. The van der Waals surface area contributed by atoms with Crippen LogP contribution < -0.4 is 0 Å². The first-order valence-electron chi connectivity index (χ1n) is 6.79. The highest BCUT2D eigenvalue weighted by atomic mass is 16.4. The van der Waals surface area contributed by atoms with Gasteiger partial charge in [0.2, 0.25) is 0 Å². The van der Waals surface area contributed by atoms with Gasteiger partial charge in [-0.15, -0.1) is 6.58 Å². The Hall–Kier alpha value is -1.52. The van der Waals surface area contributed by atoms with E-state index in [1.54, 1.807) is 11.0 Å². The third kappa shape index (κ3) is 3.72. The summed E-state index contributed by atoms with van der Waals surface area (Å²) in [4.78, 5) is 27.0. The molecule has 0 aromatic rings. The number of likely N-dealkylation sites (tertiary alicyclic amines) is 1. The summed E-state index contributed by atoms with van der Waals surface area (Å²) in [5, 5.41) is 9.29. The Balaban J connectivity index is 2.88. The first-order chi connectivity index (χ1) is 8.88. The van der Waals surface area contributed by atoms with Gasteiger partial charge < -0.3 is 14.9 Å². The zero-order valence-corrected chi connectivity index (χ0v) is 12.0. The van der Waals surface area contributed by atoms with E-state index in [4.69, 9.17) is 0 Å². The number of nitrogens with zero attached hydrogens (tertiary/aromatic N) is 2. The van der Waals surface area contributed by atoms with Gasteiger partial charge in [-0.3, -0.25) is 0 Å². The summed E-state index contributed by atoms with van der Waals surface area (Å²) < 4.78 is 0. The van der Waals surface area contributed by atoms with Crippen LogP contribution in [-0.2, 0) is 4.79 Å². The quantitative estimate of drug-likeness (QED) is 0.795. The van der Waals surface area contributed by atoms with Crippen molar-refractivity contribution in [2.45, 2.75) is 45.7 Å². The van der Waals surface area contributed by atoms with Crippen LogP contribution in [0, 0.1) is 5.92 Å². The molecule has 0 saturated carbocycles. The molecule has 2 unspecified atom stereocenters. The van der Waals surface area contributed by atoms with E-state index in [2.05, 4.69) is 6.58 Å². The van der Waals surface area contributed by atoms with Gasteiger partial charge in [-0.1, -0.05) is 13.0 Å². The minimum atomic E-state index is -0.915. The number of amides is 2. The number of carbonyl (C=O) groups is 2. The Bertz CT molecular complexity index is 355. The molecule has 5 heteroatoms. The van der Waals surface area contributed by atoms with E-state index in [0.29, 0.717) is 25.4 Å². The average molecular weight is 268 g/mol. The van der Waals surface area contributed by atoms with Crippen LogP contribution in [0.15, 0.2) is 12.7 Å². The highest BCUT2D eigenvalue weighted by molar-refractivity contribution is 5.83. The maximum absolute atomic E-state index is 12.5. The second-order valence-corrected chi connectivity index (χ2v) is 5.49. The SMILES string of the molecule is C=CCN(C(=O)N1CCC(C)CC1C(=O)O)C(C)C. The summed E-state index contributed by atoms with van der Waals surface area (Å²) in [6.07, 6.45) is 3.05. The molecular formula is C14H24N2O3. The van der Waals surface area contributed by atoms with Gasteiger partial charge in [-0.05, 0) is 32.6 Å². The maximum atomic E-state index is 12.5. The summed E-state index contributed by atoms with van der Waals surface area (Å²) >= 11 is 0. The van der Waals surface area contributed by atoms with Crippen LogP contribution in [0.1, 0.15) is 33.6 Å². The minimum absolute atomic E-state index is 0.0271. The minimum Gasteiger partial charge on any atom is -0.480 e. The zero-order chi connectivity index (χ0) is 14.6. The highest BCUT2D eigenvalue weighted by Gasteiger charge is 2.36. The number of aliphatic carboxylic acids is 1. The molecule has 19 heavy (non-hydrogen) atoms. The fourth-order valence-electron chi connectivity index (χ4n) is 2.42. The van der Waals surface area contributed by atoms with Crippen molar-refractivity contribution in [1.29, 1.82) is 0 Å². The van der Waals surface area contributed by atoms with E-state index in [-0.39, 0.29) is 12.1 Å². The van der Waals surface area contributed by atoms with Crippen molar-refractivity contribution in [3.05, 3.63) is 12.7 Å². The number of urea groups is 1. The number of hydrogen-bond donors (Lipinski definition) is 1. The molecule has 1 N–H and O–H groups in total. The van der Waals surface area contributed by atoms with E-state index in [1.807, 2.05) is 20.8 Å². The van der Waals surface area contributed by atoms with Crippen LogP contribution in [0.25, 0.3) is 0 Å². The van der Waals surface area contributed by atoms with Gasteiger partial charge in [0.1, 0.15) is 6.04 Å². The molecule has 0 bridgehead atoms. The van der Waals surface area contributed by atoms with Crippen LogP contribution >= 0.6 is 0 Å². The van der Waals surface area contributed by atoms with Crippen molar-refractivity contribution >= 4 is 12.0 Å². The molecule has 5 nitrogen and oxygen atoms in total. The lowest BCUT2D eigenvalue weighted by molar-refractivity contribution is -0.144. The summed E-state index contributed by atoms with van der Waals surface area (Å²) in [5.41, 5.74) is 0. The number of piperidine rings is 1. The molecule has 1 saturated heterocycles. The zero-order valence-electron chi connectivity index (χ0n) is 12.0. The van der Waals surface area contributed by atoms with Gasteiger partial charge in [0.05, 0.1) is 0 Å². The topological polar surface area (TPSA) is 60.9 Å². The maximum Gasteiger partial charge on any atom is 0.326 e. The number of carboxylic acids is 1. The molecule has 0 spiro atoms. The smallest absolute Gasteiger partial charge is 0.326 e. The Kier molecular flexibility index (Phi) is 5.39. The highest BCUT2D eigenvalue weighted by Crippen LogP contribution is 2.24. The van der Waals surface area contributed by atoms with Crippen molar-refractivity contribution in [1.82, 2.24) is 9.80 Å².